The van der Waals surface area contributed by atoms with Gasteiger partial charge >= 0.3 is 0 Å². The molecule has 2 aliphatic rings. The molecule has 0 radical (unpaired) electrons. The highest BCUT2D eigenvalue weighted by Gasteiger charge is 2.22. The van der Waals surface area contributed by atoms with Gasteiger partial charge in [-0.15, -0.1) is 12.4 Å². The molecular formula is C29H53ClN12O3. The summed E-state index contributed by atoms with van der Waals surface area (Å²) in [7, 11) is 0. The maximum atomic E-state index is 12.8. The zero-order valence-corrected chi connectivity index (χ0v) is 26.2. The quantitative estimate of drug-likeness (QED) is 0.0589. The van der Waals surface area contributed by atoms with Crippen LogP contribution < -0.4 is 45.0 Å². The van der Waals surface area contributed by atoms with Crippen molar-refractivity contribution in [2.75, 3.05) is 46.6 Å². The topological polar surface area (TPSA) is 279 Å². The molecule has 2 aliphatic heterocycles. The van der Waals surface area contributed by atoms with E-state index in [9.17, 15) is 14.7 Å². The van der Waals surface area contributed by atoms with Crippen LogP contribution in [0.5, 0.6) is 5.75 Å². The van der Waals surface area contributed by atoms with Gasteiger partial charge in [-0.05, 0) is 56.7 Å². The molecule has 0 aliphatic carbocycles. The second kappa shape index (κ2) is 17.1. The average molecular weight is 653 g/mol. The van der Waals surface area contributed by atoms with E-state index >= 15 is 0 Å². The number of carbonyl (C=O) groups is 2. The van der Waals surface area contributed by atoms with E-state index in [1.165, 1.54) is 31.2 Å². The van der Waals surface area contributed by atoms with Gasteiger partial charge in [-0.25, -0.2) is 0 Å². The van der Waals surface area contributed by atoms with Crippen LogP contribution in [0.2, 0.25) is 0 Å². The van der Waals surface area contributed by atoms with Gasteiger partial charge in [0.05, 0.1) is 11.3 Å². The number of ketones is 1. The number of phenols is 1. The Bertz CT molecular complexity index is 1540. The van der Waals surface area contributed by atoms with Crippen LogP contribution in [0.4, 0.5) is 29.2 Å². The van der Waals surface area contributed by atoms with Crippen LogP contribution >= 0.6 is 12.4 Å². The van der Waals surface area contributed by atoms with Crippen LogP contribution in [0.15, 0.2) is 48.7 Å². The molecule has 45 heavy (non-hydrogen) atoms. The first-order valence-electron chi connectivity index (χ1n) is 13.8. The summed E-state index contributed by atoms with van der Waals surface area (Å²) < 4.78 is 0. The Hall–Kier alpha value is -4.54. The van der Waals surface area contributed by atoms with Gasteiger partial charge in [-0.3, -0.25) is 9.59 Å². The molecule has 0 atom stereocenters. The van der Waals surface area contributed by atoms with Gasteiger partial charge in [0.15, 0.2) is 0 Å². The normalized spacial score (nSPS) is 14.0. The molecule has 2 aromatic heterocycles. The number of carbonyl (C=O) groups excluding carboxylic acids is 2. The number of aromatic hydroxyl groups is 1. The molecule has 0 bridgehead atoms. The highest BCUT2D eigenvalue weighted by molar-refractivity contribution is 6.48. The van der Waals surface area contributed by atoms with Crippen molar-refractivity contribution in [1.82, 2.24) is 44.5 Å². The van der Waals surface area contributed by atoms with E-state index in [2.05, 4.69) is 25.4 Å². The summed E-state index contributed by atoms with van der Waals surface area (Å²) >= 11 is 0. The Kier molecular flexibility index (Phi) is 14.6. The summed E-state index contributed by atoms with van der Waals surface area (Å²) in [5, 5.41) is 17.1. The fourth-order valence-electron chi connectivity index (χ4n) is 5.29. The van der Waals surface area contributed by atoms with Crippen molar-refractivity contribution >= 4 is 64.2 Å². The van der Waals surface area contributed by atoms with E-state index in [0.29, 0.717) is 28.9 Å². The number of benzene rings is 2. The number of halogens is 1. The number of rotatable bonds is 7. The van der Waals surface area contributed by atoms with Crippen LogP contribution in [0.25, 0.3) is 10.9 Å². The Labute approximate surface area is 274 Å². The number of para-hydroxylation sites is 1. The molecular weight excluding hydrogens is 600 g/mol. The van der Waals surface area contributed by atoms with E-state index in [0.717, 1.165) is 57.4 Å². The lowest BCUT2D eigenvalue weighted by Crippen LogP contribution is -2.34. The molecule has 2 aromatic carbocycles. The molecule has 2 fully saturated rings. The minimum absolute atomic E-state index is 0. The van der Waals surface area contributed by atoms with E-state index in [-0.39, 0.29) is 59.7 Å². The molecule has 4 aromatic rings. The largest absolute Gasteiger partial charge is 0.506 e. The minimum Gasteiger partial charge on any atom is -0.506 e. The van der Waals surface area contributed by atoms with Crippen LogP contribution in [-0.4, -0.2) is 62.9 Å². The number of anilines is 5. The van der Waals surface area contributed by atoms with Crippen molar-refractivity contribution in [3.05, 3.63) is 54.2 Å². The fourth-order valence-corrected chi connectivity index (χ4v) is 5.29. The molecule has 0 unspecified atom stereocenters. The van der Waals surface area contributed by atoms with Crippen LogP contribution in [-0.2, 0) is 4.79 Å². The van der Waals surface area contributed by atoms with E-state index in [4.69, 9.17) is 15.0 Å². The van der Waals surface area contributed by atoms with Crippen molar-refractivity contribution in [1.29, 1.82) is 0 Å². The number of nitrogens with one attached hydrogen (secondary N) is 3. The number of Topliss-reactive ketones (excluding diaryl/α,β-unsaturated/α-hetero) is 1. The highest BCUT2D eigenvalue weighted by atomic mass is 35.5. The average Bonchev–Trinajstić information content (AvgIpc) is 3.43. The molecule has 1 amide bonds. The first-order chi connectivity index (χ1) is 19.5. The number of amides is 1. The molecule has 16 heteroatoms. The third-order valence-corrected chi connectivity index (χ3v) is 7.43. The zero-order valence-electron chi connectivity index (χ0n) is 25.4. The molecule has 0 saturated carbocycles. The highest BCUT2D eigenvalue weighted by Crippen LogP contribution is 2.30. The number of phenolic OH excluding ortho intramolecular Hbond substituents is 1. The summed E-state index contributed by atoms with van der Waals surface area (Å²) in [6, 6.07) is 12.0. The zero-order chi connectivity index (χ0) is 27.5. The van der Waals surface area contributed by atoms with Gasteiger partial charge in [-0.1, -0.05) is 18.2 Å². The summed E-state index contributed by atoms with van der Waals surface area (Å²) in [4.78, 5) is 47.1. The summed E-state index contributed by atoms with van der Waals surface area (Å²) in [6.07, 6.45) is 8.37. The number of piperidine rings is 2. The Morgan fingerprint density at radius 1 is 0.800 bits per heavy atom. The predicted octanol–water partition coefficient (Wildman–Crippen LogP) is 6.66. The van der Waals surface area contributed by atoms with Crippen molar-refractivity contribution in [3.8, 4) is 5.75 Å². The third kappa shape index (κ3) is 8.55. The SMILES string of the molecule is Cl.N.N.N.N.O=C(Nc1ccc(Nc2nc(N3CCCCC3)nc(N3CCCCC3)n2)cc1O)C(=O)c1c[nH]c2ccccc12.[HH].[HH].[HH].[HH]. The predicted molar refractivity (Wildman–Crippen MR) is 190 cm³/mol. The molecule has 6 rings (SSSR count). The third-order valence-electron chi connectivity index (χ3n) is 7.43. The first-order valence-corrected chi connectivity index (χ1v) is 13.8. The van der Waals surface area contributed by atoms with Gasteiger partial charge in [0.2, 0.25) is 17.8 Å². The molecule has 254 valence electrons. The first kappa shape index (κ1) is 38.5. The number of fused-ring (bicyclic) bond motifs is 1. The number of hydrogen-bond donors (Lipinski definition) is 8. The number of aromatic amines is 1. The molecule has 15 nitrogen and oxygen atoms in total. The molecule has 0 spiro atoms. The Morgan fingerprint density at radius 2 is 1.38 bits per heavy atom. The smallest absolute Gasteiger partial charge is 0.296 e. The van der Waals surface area contributed by atoms with Crippen molar-refractivity contribution in [2.24, 2.45) is 0 Å². The summed E-state index contributed by atoms with van der Waals surface area (Å²) in [5.74, 6) is -0.0212. The lowest BCUT2D eigenvalue weighted by Gasteiger charge is -2.30. The number of nitrogens with zero attached hydrogens (tertiary/aromatic N) is 5. The lowest BCUT2D eigenvalue weighted by molar-refractivity contribution is -0.112. The van der Waals surface area contributed by atoms with Crippen LogP contribution in [0.3, 0.4) is 0 Å². The van der Waals surface area contributed by atoms with Crippen LogP contribution in [0.1, 0.15) is 54.6 Å². The number of H-pyrrole nitrogens is 1. The van der Waals surface area contributed by atoms with Gasteiger partial charge < -0.3 is 55.1 Å². The van der Waals surface area contributed by atoms with Crippen molar-refractivity contribution in [2.45, 2.75) is 38.5 Å². The summed E-state index contributed by atoms with van der Waals surface area (Å²) in [5.41, 5.74) is 1.71. The lowest BCUT2D eigenvalue weighted by atomic mass is 10.1. The van der Waals surface area contributed by atoms with Crippen molar-refractivity contribution in [3.63, 3.8) is 0 Å². The molecule has 16 N–H and O–H groups in total. The van der Waals surface area contributed by atoms with Crippen molar-refractivity contribution < 1.29 is 20.4 Å². The van der Waals surface area contributed by atoms with Gasteiger partial charge in [-0.2, -0.15) is 15.0 Å². The summed E-state index contributed by atoms with van der Waals surface area (Å²) in [6.45, 7) is 3.65. The monoisotopic (exact) mass is 652 g/mol. The number of hydrogen-bond acceptors (Lipinski definition) is 13. The maximum absolute atomic E-state index is 12.8. The second-order valence-electron chi connectivity index (χ2n) is 10.2. The van der Waals surface area contributed by atoms with Gasteiger partial charge in [0, 0.05) is 60.7 Å². The standard InChI is InChI=1S/C29H32N8O3.ClH.4H3N.4H2/c38-24-17-19(11-12-23(24)32-26(40)25(39)21-18-30-22-10-4-3-9-20(21)22)31-27-33-28(36-13-5-1-6-14-36)35-29(34-27)37-15-7-2-8-16-37;;;;;;;;;/h3-4,9-12,17-18,30,38H,1-2,5-8,13-16H2,(H,32,40)(H,31,33,34,35);1H;4*1H3;4*1H. The van der Waals surface area contributed by atoms with E-state index in [1.807, 2.05) is 12.1 Å². The van der Waals surface area contributed by atoms with E-state index < -0.39 is 11.7 Å². The Morgan fingerprint density at radius 3 is 1.96 bits per heavy atom. The second-order valence-corrected chi connectivity index (χ2v) is 10.2. The number of aromatic nitrogens is 4. The van der Waals surface area contributed by atoms with Crippen LogP contribution in [0, 0.1) is 0 Å². The van der Waals surface area contributed by atoms with Gasteiger partial charge in [0.1, 0.15) is 5.75 Å². The van der Waals surface area contributed by atoms with E-state index in [1.54, 1.807) is 18.2 Å². The Balaban J connectivity index is -0.00000112. The van der Waals surface area contributed by atoms with Gasteiger partial charge in [0.25, 0.3) is 11.7 Å². The maximum Gasteiger partial charge on any atom is 0.296 e. The fraction of sp³-hybridized carbons (Fsp3) is 0.345. The molecule has 4 heterocycles. The molecule has 2 saturated heterocycles. The minimum atomic E-state index is -0.837.